The minimum Gasteiger partial charge on any atom is -0.344 e. The van der Waals surface area contributed by atoms with Gasteiger partial charge in [0.2, 0.25) is 5.91 Å². The van der Waals surface area contributed by atoms with E-state index < -0.39 is 23.4 Å². The Labute approximate surface area is 186 Å². The minimum atomic E-state index is -1.16. The van der Waals surface area contributed by atoms with Gasteiger partial charge >= 0.3 is 6.03 Å². The molecule has 32 heavy (non-hydrogen) atoms. The molecule has 2 heterocycles. The first-order chi connectivity index (χ1) is 15.4. The number of imidazole rings is 1. The van der Waals surface area contributed by atoms with Crippen molar-refractivity contribution in [1.29, 1.82) is 0 Å². The second kappa shape index (κ2) is 8.45. The number of amides is 4. The molecule has 0 radical (unpaired) electrons. The summed E-state index contributed by atoms with van der Waals surface area (Å²) in [5.41, 5.74) is 1.24. The van der Waals surface area contributed by atoms with Crippen molar-refractivity contribution in [3.8, 4) is 0 Å². The van der Waals surface area contributed by atoms with Crippen molar-refractivity contribution in [2.75, 3.05) is 6.54 Å². The molecule has 166 valence electrons. The molecule has 1 fully saturated rings. The van der Waals surface area contributed by atoms with E-state index in [0.29, 0.717) is 17.8 Å². The molecule has 8 nitrogen and oxygen atoms in total. The lowest BCUT2D eigenvalue weighted by Gasteiger charge is -2.26. The SMILES string of the molecule is CCC1(c2ccccc2)NC(=O)N(CC(=O)NC(c2nc3ccccc3[nH]2)C(C)C)C1=O. The van der Waals surface area contributed by atoms with Crippen molar-refractivity contribution in [2.24, 2.45) is 5.92 Å². The van der Waals surface area contributed by atoms with Crippen molar-refractivity contribution < 1.29 is 14.4 Å². The Morgan fingerprint density at radius 3 is 2.44 bits per heavy atom. The summed E-state index contributed by atoms with van der Waals surface area (Å²) in [7, 11) is 0. The molecule has 1 saturated heterocycles. The van der Waals surface area contributed by atoms with Crippen LogP contribution in [0.3, 0.4) is 0 Å². The summed E-state index contributed by atoms with van der Waals surface area (Å²) < 4.78 is 0. The number of urea groups is 1. The molecule has 1 aromatic heterocycles. The summed E-state index contributed by atoms with van der Waals surface area (Å²) in [6, 6.07) is 15.8. The van der Waals surface area contributed by atoms with Gasteiger partial charge in [0.25, 0.3) is 5.91 Å². The number of hydrogen-bond donors (Lipinski definition) is 3. The zero-order valence-corrected chi connectivity index (χ0v) is 18.4. The monoisotopic (exact) mass is 433 g/mol. The summed E-state index contributed by atoms with van der Waals surface area (Å²) in [6.45, 7) is 5.43. The fourth-order valence-electron chi connectivity index (χ4n) is 4.17. The first-order valence-corrected chi connectivity index (χ1v) is 10.8. The molecule has 3 aromatic rings. The van der Waals surface area contributed by atoms with Crippen LogP contribution >= 0.6 is 0 Å². The number of aromatic amines is 1. The molecule has 3 N–H and O–H groups in total. The lowest BCUT2D eigenvalue weighted by molar-refractivity contribution is -0.135. The molecule has 1 aliphatic rings. The summed E-state index contributed by atoms with van der Waals surface area (Å²) >= 11 is 0. The number of fused-ring (bicyclic) bond motifs is 1. The number of H-pyrrole nitrogens is 1. The molecule has 0 aliphatic carbocycles. The highest BCUT2D eigenvalue weighted by atomic mass is 16.2. The predicted molar refractivity (Wildman–Crippen MR) is 120 cm³/mol. The van der Waals surface area contributed by atoms with Gasteiger partial charge < -0.3 is 15.6 Å². The third-order valence-electron chi connectivity index (χ3n) is 5.96. The Balaban J connectivity index is 1.52. The van der Waals surface area contributed by atoms with Gasteiger partial charge in [-0.3, -0.25) is 14.5 Å². The van der Waals surface area contributed by atoms with E-state index in [1.54, 1.807) is 0 Å². The van der Waals surface area contributed by atoms with E-state index in [0.717, 1.165) is 15.9 Å². The van der Waals surface area contributed by atoms with Crippen LogP contribution in [0.25, 0.3) is 11.0 Å². The second-order valence-corrected chi connectivity index (χ2v) is 8.37. The summed E-state index contributed by atoms with van der Waals surface area (Å²) in [5, 5.41) is 5.74. The molecule has 0 spiro atoms. The van der Waals surface area contributed by atoms with E-state index in [1.165, 1.54) is 0 Å². The van der Waals surface area contributed by atoms with E-state index in [1.807, 2.05) is 75.4 Å². The largest absolute Gasteiger partial charge is 0.344 e. The van der Waals surface area contributed by atoms with E-state index in [-0.39, 0.29) is 18.5 Å². The van der Waals surface area contributed by atoms with Gasteiger partial charge in [-0.25, -0.2) is 9.78 Å². The average molecular weight is 434 g/mol. The smallest absolute Gasteiger partial charge is 0.325 e. The maximum absolute atomic E-state index is 13.3. The number of nitrogens with zero attached hydrogens (tertiary/aromatic N) is 2. The van der Waals surface area contributed by atoms with Crippen molar-refractivity contribution in [3.63, 3.8) is 0 Å². The van der Waals surface area contributed by atoms with Crippen molar-refractivity contribution >= 4 is 28.9 Å². The standard InChI is InChI=1S/C24H27N5O3/c1-4-24(16-10-6-5-7-11-16)22(31)29(23(32)28-24)14-19(30)27-20(15(2)3)21-25-17-12-8-9-13-18(17)26-21/h5-13,15,20H,4,14H2,1-3H3,(H,25,26)(H,27,30)(H,28,32). The number of imide groups is 1. The number of benzene rings is 2. The van der Waals surface area contributed by atoms with Gasteiger partial charge in [-0.15, -0.1) is 0 Å². The topological polar surface area (TPSA) is 107 Å². The Morgan fingerprint density at radius 1 is 1.09 bits per heavy atom. The van der Waals surface area contributed by atoms with Crippen LogP contribution in [0.1, 0.15) is 44.6 Å². The van der Waals surface area contributed by atoms with E-state index in [4.69, 9.17) is 0 Å². The highest BCUT2D eigenvalue weighted by Gasteiger charge is 2.51. The van der Waals surface area contributed by atoms with E-state index in [9.17, 15) is 14.4 Å². The molecule has 1 aliphatic heterocycles. The Hall–Kier alpha value is -3.68. The number of nitrogens with one attached hydrogen (secondary N) is 3. The number of hydrogen-bond acceptors (Lipinski definition) is 4. The number of carbonyl (C=O) groups excluding carboxylic acids is 3. The number of aromatic nitrogens is 2. The predicted octanol–water partition coefficient (Wildman–Crippen LogP) is 3.23. The molecule has 0 bridgehead atoms. The Morgan fingerprint density at radius 2 is 1.78 bits per heavy atom. The highest BCUT2D eigenvalue weighted by molar-refractivity contribution is 6.09. The number of rotatable bonds is 7. The Kier molecular flexibility index (Phi) is 5.69. The normalized spacial score (nSPS) is 19.4. The van der Waals surface area contributed by atoms with Gasteiger partial charge in [0.05, 0.1) is 17.1 Å². The lowest BCUT2D eigenvalue weighted by Crippen LogP contribution is -2.45. The molecule has 2 atom stereocenters. The van der Waals surface area contributed by atoms with Crippen LogP contribution in [-0.2, 0) is 15.1 Å². The van der Waals surface area contributed by atoms with Gasteiger partial charge in [0, 0.05) is 0 Å². The summed E-state index contributed by atoms with van der Waals surface area (Å²) in [5.74, 6) is -0.163. The third kappa shape index (κ3) is 3.72. The second-order valence-electron chi connectivity index (χ2n) is 8.37. The van der Waals surface area contributed by atoms with Crippen molar-refractivity contribution in [1.82, 2.24) is 25.5 Å². The number of para-hydroxylation sites is 2. The quantitative estimate of drug-likeness (QED) is 0.497. The molecule has 4 amide bonds. The van der Waals surface area contributed by atoms with Gasteiger partial charge in [-0.05, 0) is 30.0 Å². The van der Waals surface area contributed by atoms with E-state index >= 15 is 0 Å². The fraction of sp³-hybridized carbons (Fsp3) is 0.333. The molecule has 8 heteroatoms. The number of carbonyl (C=O) groups is 3. The zero-order valence-electron chi connectivity index (χ0n) is 18.4. The van der Waals surface area contributed by atoms with Gasteiger partial charge in [-0.2, -0.15) is 0 Å². The third-order valence-corrected chi connectivity index (χ3v) is 5.96. The van der Waals surface area contributed by atoms with Crippen LogP contribution in [0.5, 0.6) is 0 Å². The van der Waals surface area contributed by atoms with Crippen LogP contribution in [-0.4, -0.2) is 39.3 Å². The fourth-order valence-corrected chi connectivity index (χ4v) is 4.17. The maximum Gasteiger partial charge on any atom is 0.325 e. The summed E-state index contributed by atoms with van der Waals surface area (Å²) in [6.07, 6.45) is 0.382. The molecule has 2 unspecified atom stereocenters. The van der Waals surface area contributed by atoms with Crippen molar-refractivity contribution in [2.45, 2.75) is 38.8 Å². The molecule has 2 aromatic carbocycles. The minimum absolute atomic E-state index is 0.0432. The first kappa shape index (κ1) is 21.5. The molecule has 4 rings (SSSR count). The van der Waals surface area contributed by atoms with Crippen LogP contribution < -0.4 is 10.6 Å². The van der Waals surface area contributed by atoms with Gasteiger partial charge in [-0.1, -0.05) is 63.2 Å². The average Bonchev–Trinajstić information content (AvgIpc) is 3.32. The van der Waals surface area contributed by atoms with E-state index in [2.05, 4.69) is 20.6 Å². The highest BCUT2D eigenvalue weighted by Crippen LogP contribution is 2.32. The zero-order chi connectivity index (χ0) is 22.9. The van der Waals surface area contributed by atoms with Gasteiger partial charge in [0.15, 0.2) is 0 Å². The maximum atomic E-state index is 13.3. The summed E-state index contributed by atoms with van der Waals surface area (Å²) in [4.78, 5) is 47.7. The van der Waals surface area contributed by atoms with Crippen LogP contribution in [0.4, 0.5) is 4.79 Å². The van der Waals surface area contributed by atoms with Crippen LogP contribution in [0.2, 0.25) is 0 Å². The molecular formula is C24H27N5O3. The first-order valence-electron chi connectivity index (χ1n) is 10.8. The van der Waals surface area contributed by atoms with Crippen LogP contribution in [0.15, 0.2) is 54.6 Å². The molecular weight excluding hydrogens is 406 g/mol. The lowest BCUT2D eigenvalue weighted by atomic mass is 9.87. The van der Waals surface area contributed by atoms with Crippen LogP contribution in [0, 0.1) is 5.92 Å². The Bertz CT molecular complexity index is 1120. The molecule has 0 saturated carbocycles. The van der Waals surface area contributed by atoms with Gasteiger partial charge in [0.1, 0.15) is 17.9 Å². The van der Waals surface area contributed by atoms with Crippen molar-refractivity contribution in [3.05, 3.63) is 66.0 Å².